The Morgan fingerprint density at radius 1 is 1.50 bits per heavy atom. The highest BCUT2D eigenvalue weighted by molar-refractivity contribution is 7.08. The molecule has 84 valence electrons. The smallest absolute Gasteiger partial charge is 0.297 e. The van der Waals surface area contributed by atoms with Gasteiger partial charge in [0, 0.05) is 5.38 Å². The first-order chi connectivity index (χ1) is 7.65. The van der Waals surface area contributed by atoms with Crippen molar-refractivity contribution >= 4 is 22.9 Å². The molecule has 0 saturated heterocycles. The average molecular weight is 257 g/mol. The molecule has 0 radical (unpaired) electrons. The van der Waals surface area contributed by atoms with Gasteiger partial charge in [0.1, 0.15) is 5.15 Å². The predicted molar refractivity (Wildman–Crippen MR) is 64.9 cm³/mol. The van der Waals surface area contributed by atoms with Gasteiger partial charge in [-0.1, -0.05) is 18.5 Å². The van der Waals surface area contributed by atoms with Crippen LogP contribution in [0.15, 0.2) is 26.4 Å². The fourth-order valence-corrected chi connectivity index (χ4v) is 2.39. The lowest BCUT2D eigenvalue weighted by Crippen LogP contribution is -2.35. The molecule has 2 aromatic heterocycles. The van der Waals surface area contributed by atoms with Crippen LogP contribution >= 0.6 is 22.9 Å². The van der Waals surface area contributed by atoms with E-state index in [9.17, 15) is 9.59 Å². The highest BCUT2D eigenvalue weighted by Crippen LogP contribution is 2.11. The Morgan fingerprint density at radius 2 is 2.25 bits per heavy atom. The molecule has 6 heteroatoms. The van der Waals surface area contributed by atoms with Crippen molar-refractivity contribution in [3.63, 3.8) is 0 Å². The molecule has 0 aliphatic heterocycles. The Bertz CT molecular complexity index is 613. The summed E-state index contributed by atoms with van der Waals surface area (Å²) in [7, 11) is 0. The molecule has 0 bridgehead atoms. The fraction of sp³-hybridized carbons (Fsp3) is 0.200. The van der Waals surface area contributed by atoms with Crippen molar-refractivity contribution in [2.45, 2.75) is 13.3 Å². The van der Waals surface area contributed by atoms with Crippen LogP contribution in [0.2, 0.25) is 5.15 Å². The number of nitrogens with one attached hydrogen (secondary N) is 1. The van der Waals surface area contributed by atoms with Crippen LogP contribution in [0.3, 0.4) is 0 Å². The monoisotopic (exact) mass is 256 g/mol. The van der Waals surface area contributed by atoms with E-state index in [1.165, 1.54) is 11.3 Å². The van der Waals surface area contributed by atoms with Gasteiger partial charge in [0.05, 0.1) is 11.3 Å². The molecule has 0 unspecified atom stereocenters. The number of hydrogen-bond acceptors (Lipinski definition) is 3. The minimum Gasteiger partial charge on any atom is -0.297 e. The summed E-state index contributed by atoms with van der Waals surface area (Å²) < 4.78 is 1.10. The lowest BCUT2D eigenvalue weighted by atomic mass is 10.2. The Labute approximate surface area is 100 Å². The maximum Gasteiger partial charge on any atom is 0.334 e. The highest BCUT2D eigenvalue weighted by Gasteiger charge is 2.12. The van der Waals surface area contributed by atoms with Crippen molar-refractivity contribution in [1.82, 2.24) is 9.55 Å². The lowest BCUT2D eigenvalue weighted by Gasteiger charge is -2.05. The van der Waals surface area contributed by atoms with Gasteiger partial charge in [-0.2, -0.15) is 11.3 Å². The maximum atomic E-state index is 12.0. The standard InChI is InChI=1S/C10H9ClN2O2S/c1-2-7-8(11)12-10(15)13(9(7)14)6-3-4-16-5-6/h3-5H,2H2,1H3,(H,12,15). The highest BCUT2D eigenvalue weighted by atomic mass is 35.5. The van der Waals surface area contributed by atoms with E-state index in [1.807, 2.05) is 6.92 Å². The normalized spacial score (nSPS) is 10.6. The largest absolute Gasteiger partial charge is 0.334 e. The molecule has 0 aliphatic carbocycles. The van der Waals surface area contributed by atoms with E-state index >= 15 is 0 Å². The zero-order valence-electron chi connectivity index (χ0n) is 8.49. The summed E-state index contributed by atoms with van der Waals surface area (Å²) in [5.74, 6) is 0. The van der Waals surface area contributed by atoms with Crippen molar-refractivity contribution in [2.75, 3.05) is 0 Å². The van der Waals surface area contributed by atoms with Crippen molar-refractivity contribution in [3.05, 3.63) is 48.4 Å². The van der Waals surface area contributed by atoms with E-state index in [-0.39, 0.29) is 10.7 Å². The van der Waals surface area contributed by atoms with E-state index in [0.717, 1.165) is 4.57 Å². The first kappa shape index (κ1) is 11.2. The summed E-state index contributed by atoms with van der Waals surface area (Å²) in [6, 6.07) is 1.72. The second kappa shape index (κ2) is 4.27. The predicted octanol–water partition coefficient (Wildman–Crippen LogP) is 1.80. The number of thiophene rings is 1. The van der Waals surface area contributed by atoms with E-state index in [4.69, 9.17) is 11.6 Å². The molecule has 0 spiro atoms. The summed E-state index contributed by atoms with van der Waals surface area (Å²) in [5, 5.41) is 3.68. The molecule has 0 saturated carbocycles. The van der Waals surface area contributed by atoms with Crippen LogP contribution in [0, 0.1) is 0 Å². The van der Waals surface area contributed by atoms with Gasteiger partial charge in [-0.05, 0) is 17.9 Å². The maximum absolute atomic E-state index is 12.0. The third-order valence-corrected chi connectivity index (χ3v) is 3.26. The van der Waals surface area contributed by atoms with Gasteiger partial charge in [0.25, 0.3) is 5.56 Å². The summed E-state index contributed by atoms with van der Waals surface area (Å²) in [4.78, 5) is 26.1. The van der Waals surface area contributed by atoms with Crippen LogP contribution in [0.4, 0.5) is 0 Å². The van der Waals surface area contributed by atoms with Crippen LogP contribution in [-0.2, 0) is 6.42 Å². The van der Waals surface area contributed by atoms with Crippen molar-refractivity contribution in [1.29, 1.82) is 0 Å². The zero-order valence-corrected chi connectivity index (χ0v) is 10.1. The van der Waals surface area contributed by atoms with Gasteiger partial charge in [-0.3, -0.25) is 9.78 Å². The number of nitrogens with zero attached hydrogens (tertiary/aromatic N) is 1. The van der Waals surface area contributed by atoms with Crippen LogP contribution in [0.25, 0.3) is 5.69 Å². The first-order valence-electron chi connectivity index (χ1n) is 4.71. The molecule has 0 amide bonds. The van der Waals surface area contributed by atoms with Gasteiger partial charge in [-0.25, -0.2) is 9.36 Å². The van der Waals surface area contributed by atoms with Crippen LogP contribution in [0.1, 0.15) is 12.5 Å². The molecule has 1 N–H and O–H groups in total. The van der Waals surface area contributed by atoms with E-state index in [2.05, 4.69) is 4.98 Å². The third kappa shape index (κ3) is 1.72. The second-order valence-corrected chi connectivity index (χ2v) is 4.36. The number of aromatic nitrogens is 2. The molecular weight excluding hydrogens is 248 g/mol. The quantitative estimate of drug-likeness (QED) is 0.833. The van der Waals surface area contributed by atoms with Gasteiger partial charge in [-0.15, -0.1) is 0 Å². The molecule has 16 heavy (non-hydrogen) atoms. The lowest BCUT2D eigenvalue weighted by molar-refractivity contribution is 0.845. The fourth-order valence-electron chi connectivity index (χ4n) is 1.47. The van der Waals surface area contributed by atoms with E-state index in [0.29, 0.717) is 17.7 Å². The summed E-state index contributed by atoms with van der Waals surface area (Å²) in [6.45, 7) is 1.82. The number of halogens is 1. The number of hydrogen-bond donors (Lipinski definition) is 1. The first-order valence-corrected chi connectivity index (χ1v) is 6.03. The second-order valence-electron chi connectivity index (χ2n) is 3.20. The molecule has 2 aromatic rings. The zero-order chi connectivity index (χ0) is 11.7. The average Bonchev–Trinajstić information content (AvgIpc) is 2.70. The van der Waals surface area contributed by atoms with Gasteiger partial charge in [0.15, 0.2) is 0 Å². The van der Waals surface area contributed by atoms with E-state index in [1.54, 1.807) is 16.8 Å². The topological polar surface area (TPSA) is 54.9 Å². The molecule has 0 aromatic carbocycles. The third-order valence-electron chi connectivity index (χ3n) is 2.26. The number of H-pyrrole nitrogens is 1. The van der Waals surface area contributed by atoms with Gasteiger partial charge < -0.3 is 0 Å². The number of aromatic amines is 1. The summed E-state index contributed by atoms with van der Waals surface area (Å²) in [5.41, 5.74) is 0.135. The molecule has 0 fully saturated rings. The summed E-state index contributed by atoms with van der Waals surface area (Å²) in [6.07, 6.45) is 0.485. The molecule has 4 nitrogen and oxygen atoms in total. The Kier molecular flexibility index (Phi) is 2.98. The Hall–Kier alpha value is -1.33. The van der Waals surface area contributed by atoms with Crippen molar-refractivity contribution < 1.29 is 0 Å². The van der Waals surface area contributed by atoms with Crippen LogP contribution in [-0.4, -0.2) is 9.55 Å². The molecule has 0 atom stereocenters. The minimum atomic E-state index is -0.509. The van der Waals surface area contributed by atoms with Crippen LogP contribution in [0.5, 0.6) is 0 Å². The summed E-state index contributed by atoms with van der Waals surface area (Å²) >= 11 is 7.23. The minimum absolute atomic E-state index is 0.129. The Morgan fingerprint density at radius 3 is 2.81 bits per heavy atom. The molecule has 2 rings (SSSR count). The van der Waals surface area contributed by atoms with Crippen LogP contribution < -0.4 is 11.2 Å². The molecule has 2 heterocycles. The molecule has 0 aliphatic rings. The SMILES string of the molecule is CCc1c(Cl)[nH]c(=O)n(-c2ccsc2)c1=O. The molecular formula is C10H9ClN2O2S. The Balaban J connectivity index is 2.82. The van der Waals surface area contributed by atoms with Crippen molar-refractivity contribution in [3.8, 4) is 5.69 Å². The van der Waals surface area contributed by atoms with E-state index < -0.39 is 5.69 Å². The van der Waals surface area contributed by atoms with Gasteiger partial charge in [0.2, 0.25) is 0 Å². The number of rotatable bonds is 2. The van der Waals surface area contributed by atoms with Crippen molar-refractivity contribution in [2.24, 2.45) is 0 Å². The van der Waals surface area contributed by atoms with Gasteiger partial charge >= 0.3 is 5.69 Å².